The molecule has 0 saturated carbocycles. The Morgan fingerprint density at radius 3 is 2.20 bits per heavy atom. The molecule has 1 rings (SSSR count). The fourth-order valence-corrected chi connectivity index (χ4v) is 3.08. The quantitative estimate of drug-likeness (QED) is 0.558. The van der Waals surface area contributed by atoms with Crippen LogP contribution in [0.25, 0.3) is 0 Å². The Morgan fingerprint density at radius 2 is 1.60 bits per heavy atom. The van der Waals surface area contributed by atoms with Crippen LogP contribution in [0, 0.1) is 0 Å². The summed E-state index contributed by atoms with van der Waals surface area (Å²) in [6.07, 6.45) is 9.47. The number of aromatic carboxylic acids is 1. The largest absolute Gasteiger partial charge is 0.478 e. The van der Waals surface area contributed by atoms with Crippen LogP contribution < -0.4 is 0 Å². The van der Waals surface area contributed by atoms with Crippen LogP contribution in [0.3, 0.4) is 0 Å². The van der Waals surface area contributed by atoms with E-state index in [0.29, 0.717) is 5.56 Å². The van der Waals surface area contributed by atoms with E-state index in [-0.39, 0.29) is 0 Å². The van der Waals surface area contributed by atoms with Crippen LogP contribution in [-0.2, 0) is 5.75 Å². The molecule has 0 aliphatic heterocycles. The molecule has 112 valence electrons. The summed E-state index contributed by atoms with van der Waals surface area (Å²) < 4.78 is 0. The minimum atomic E-state index is -0.854. The van der Waals surface area contributed by atoms with Crippen molar-refractivity contribution >= 4 is 17.7 Å². The molecule has 0 amide bonds. The molecular weight excluding hydrogens is 268 g/mol. The topological polar surface area (TPSA) is 37.3 Å². The van der Waals surface area contributed by atoms with Crippen LogP contribution in [0.5, 0.6) is 0 Å². The van der Waals surface area contributed by atoms with Gasteiger partial charge in [0.15, 0.2) is 0 Å². The van der Waals surface area contributed by atoms with Crippen LogP contribution >= 0.6 is 11.8 Å². The van der Waals surface area contributed by atoms with Gasteiger partial charge in [-0.15, -0.1) is 0 Å². The molecule has 1 N–H and O–H groups in total. The van der Waals surface area contributed by atoms with Crippen LogP contribution in [0.4, 0.5) is 0 Å². The van der Waals surface area contributed by atoms with Gasteiger partial charge in [0, 0.05) is 5.75 Å². The van der Waals surface area contributed by atoms with Crippen molar-refractivity contribution < 1.29 is 9.90 Å². The molecule has 0 atom stereocenters. The van der Waals surface area contributed by atoms with Crippen molar-refractivity contribution in [2.24, 2.45) is 0 Å². The second-order valence-corrected chi connectivity index (χ2v) is 6.28. The number of hydrogen-bond donors (Lipinski definition) is 1. The van der Waals surface area contributed by atoms with E-state index in [1.165, 1.54) is 56.3 Å². The van der Waals surface area contributed by atoms with Gasteiger partial charge >= 0.3 is 5.97 Å². The van der Waals surface area contributed by atoms with Crippen LogP contribution in [0.2, 0.25) is 0 Å². The van der Waals surface area contributed by atoms with Crippen LogP contribution in [0.15, 0.2) is 24.3 Å². The SMILES string of the molecule is CCCCCCCCCSCc1ccc(C(=O)O)cc1. The molecule has 0 aromatic heterocycles. The summed E-state index contributed by atoms with van der Waals surface area (Å²) in [5.74, 6) is 1.33. The number of thioether (sulfide) groups is 1. The zero-order chi connectivity index (χ0) is 14.6. The highest BCUT2D eigenvalue weighted by Crippen LogP contribution is 2.16. The second-order valence-electron chi connectivity index (χ2n) is 5.18. The predicted octanol–water partition coefficient (Wildman–Crippen LogP) is 5.37. The molecule has 0 aliphatic carbocycles. The first-order valence-electron chi connectivity index (χ1n) is 7.64. The van der Waals surface area contributed by atoms with E-state index in [2.05, 4.69) is 6.92 Å². The molecule has 0 aliphatic rings. The zero-order valence-electron chi connectivity index (χ0n) is 12.4. The summed E-state index contributed by atoms with van der Waals surface area (Å²) in [5.41, 5.74) is 1.58. The van der Waals surface area contributed by atoms with E-state index in [0.717, 1.165) is 5.75 Å². The maximum absolute atomic E-state index is 10.7. The molecule has 0 spiro atoms. The van der Waals surface area contributed by atoms with Crippen LogP contribution in [0.1, 0.15) is 67.8 Å². The first kappa shape index (κ1) is 17.1. The molecule has 0 saturated heterocycles. The number of unbranched alkanes of at least 4 members (excludes halogenated alkanes) is 6. The van der Waals surface area contributed by atoms with E-state index in [4.69, 9.17) is 5.11 Å². The lowest BCUT2D eigenvalue weighted by atomic mass is 10.1. The van der Waals surface area contributed by atoms with Crippen LogP contribution in [-0.4, -0.2) is 16.8 Å². The highest BCUT2D eigenvalue weighted by molar-refractivity contribution is 7.98. The lowest BCUT2D eigenvalue weighted by Crippen LogP contribution is -1.95. The molecule has 2 nitrogen and oxygen atoms in total. The van der Waals surface area contributed by atoms with E-state index < -0.39 is 5.97 Å². The Hall–Kier alpha value is -0.960. The van der Waals surface area contributed by atoms with Crippen molar-refractivity contribution in [3.63, 3.8) is 0 Å². The fourth-order valence-electron chi connectivity index (χ4n) is 2.09. The minimum Gasteiger partial charge on any atom is -0.478 e. The summed E-state index contributed by atoms with van der Waals surface area (Å²) in [5, 5.41) is 8.82. The smallest absolute Gasteiger partial charge is 0.335 e. The van der Waals surface area contributed by atoms with Gasteiger partial charge in [-0.05, 0) is 29.9 Å². The predicted molar refractivity (Wildman–Crippen MR) is 87.6 cm³/mol. The van der Waals surface area contributed by atoms with Gasteiger partial charge in [-0.2, -0.15) is 11.8 Å². The Kier molecular flexibility index (Phi) is 9.22. The highest BCUT2D eigenvalue weighted by atomic mass is 32.2. The molecule has 3 heteroatoms. The van der Waals surface area contributed by atoms with Gasteiger partial charge in [0.25, 0.3) is 0 Å². The Balaban J connectivity index is 2.02. The average molecular weight is 294 g/mol. The minimum absolute atomic E-state index is 0.367. The number of carboxylic acids is 1. The van der Waals surface area contributed by atoms with Gasteiger partial charge in [-0.1, -0.05) is 57.6 Å². The third-order valence-corrected chi connectivity index (χ3v) is 4.48. The van der Waals surface area contributed by atoms with Gasteiger partial charge < -0.3 is 5.11 Å². The number of benzene rings is 1. The molecular formula is C17H26O2S. The normalized spacial score (nSPS) is 10.7. The van der Waals surface area contributed by atoms with Crippen molar-refractivity contribution in [3.8, 4) is 0 Å². The maximum atomic E-state index is 10.7. The molecule has 0 fully saturated rings. The lowest BCUT2D eigenvalue weighted by molar-refractivity contribution is 0.0697. The third-order valence-electron chi connectivity index (χ3n) is 3.36. The van der Waals surface area contributed by atoms with Gasteiger partial charge in [-0.3, -0.25) is 0 Å². The Bertz CT molecular complexity index is 373. The maximum Gasteiger partial charge on any atom is 0.335 e. The number of carbonyl (C=O) groups is 1. The number of hydrogen-bond acceptors (Lipinski definition) is 2. The van der Waals surface area contributed by atoms with Gasteiger partial charge in [0.05, 0.1) is 5.56 Å². The fraction of sp³-hybridized carbons (Fsp3) is 0.588. The standard InChI is InChI=1S/C17H26O2S/c1-2-3-4-5-6-7-8-13-20-14-15-9-11-16(12-10-15)17(18)19/h9-12H,2-8,13-14H2,1H3,(H,18,19). The zero-order valence-corrected chi connectivity index (χ0v) is 13.3. The average Bonchev–Trinajstić information content (AvgIpc) is 2.46. The molecule has 0 radical (unpaired) electrons. The van der Waals surface area contributed by atoms with Crippen molar-refractivity contribution in [1.29, 1.82) is 0 Å². The summed E-state index contributed by atoms with van der Waals surface area (Å²) in [4.78, 5) is 10.7. The number of rotatable bonds is 11. The van der Waals surface area contributed by atoms with Crippen molar-refractivity contribution in [2.45, 2.75) is 57.6 Å². The van der Waals surface area contributed by atoms with Crippen molar-refractivity contribution in [3.05, 3.63) is 35.4 Å². The molecule has 1 aromatic rings. The van der Waals surface area contributed by atoms with Gasteiger partial charge in [0.1, 0.15) is 0 Å². The molecule has 1 aromatic carbocycles. The summed E-state index contributed by atoms with van der Waals surface area (Å²) in [6.45, 7) is 2.25. The molecule has 20 heavy (non-hydrogen) atoms. The van der Waals surface area contributed by atoms with Gasteiger partial charge in [0.2, 0.25) is 0 Å². The third kappa shape index (κ3) is 7.59. The van der Waals surface area contributed by atoms with Gasteiger partial charge in [-0.25, -0.2) is 4.79 Å². The van der Waals surface area contributed by atoms with Crippen molar-refractivity contribution in [1.82, 2.24) is 0 Å². The Morgan fingerprint density at radius 1 is 1.00 bits per heavy atom. The molecule has 0 bridgehead atoms. The summed E-state index contributed by atoms with van der Waals surface area (Å²) in [7, 11) is 0. The van der Waals surface area contributed by atoms with E-state index in [1.807, 2.05) is 23.9 Å². The Labute approximate surface area is 127 Å². The summed E-state index contributed by atoms with van der Waals surface area (Å²) >= 11 is 1.94. The summed E-state index contributed by atoms with van der Waals surface area (Å²) in [6, 6.07) is 7.21. The van der Waals surface area contributed by atoms with E-state index >= 15 is 0 Å². The molecule has 0 heterocycles. The van der Waals surface area contributed by atoms with E-state index in [1.54, 1.807) is 12.1 Å². The second kappa shape index (κ2) is 10.8. The number of carboxylic acid groups (broad SMARTS) is 1. The molecule has 0 unspecified atom stereocenters. The lowest BCUT2D eigenvalue weighted by Gasteiger charge is -2.03. The van der Waals surface area contributed by atoms with Crippen molar-refractivity contribution in [2.75, 3.05) is 5.75 Å². The monoisotopic (exact) mass is 294 g/mol. The first-order chi connectivity index (χ1) is 9.74. The first-order valence-corrected chi connectivity index (χ1v) is 8.79. The highest BCUT2D eigenvalue weighted by Gasteiger charge is 2.01. The van der Waals surface area contributed by atoms with E-state index in [9.17, 15) is 4.79 Å².